The van der Waals surface area contributed by atoms with Crippen LogP contribution < -0.4 is 9.64 Å². The summed E-state index contributed by atoms with van der Waals surface area (Å²) >= 11 is 6.42. The van der Waals surface area contributed by atoms with Gasteiger partial charge in [0.25, 0.3) is 0 Å². The molecule has 8 rings (SSSR count). The zero-order chi connectivity index (χ0) is 32.7. The molecule has 0 N–H and O–H groups in total. The third-order valence-electron chi connectivity index (χ3n) is 10.3. The quantitative estimate of drug-likeness (QED) is 0.213. The van der Waals surface area contributed by atoms with Crippen molar-refractivity contribution in [2.75, 3.05) is 37.7 Å². The van der Waals surface area contributed by atoms with Crippen molar-refractivity contribution in [3.63, 3.8) is 0 Å². The number of hydrogen-bond donors (Lipinski definition) is 0. The third kappa shape index (κ3) is 5.30. The number of halogens is 3. The molecule has 0 aliphatic carbocycles. The number of carbonyl (C=O) groups is 1. The fourth-order valence-electron chi connectivity index (χ4n) is 8.07. The molecule has 0 spiro atoms. The van der Waals surface area contributed by atoms with Gasteiger partial charge in [0, 0.05) is 30.2 Å². The molecule has 48 heavy (non-hydrogen) atoms. The van der Waals surface area contributed by atoms with Gasteiger partial charge >= 0.3 is 12.1 Å². The zero-order valence-corrected chi connectivity index (χ0v) is 27.5. The maximum Gasteiger partial charge on any atom is 0.410 e. The van der Waals surface area contributed by atoms with E-state index in [4.69, 9.17) is 26.1 Å². The van der Waals surface area contributed by atoms with E-state index in [1.165, 1.54) is 6.07 Å². The molecule has 2 unspecified atom stereocenters. The van der Waals surface area contributed by atoms with E-state index in [1.54, 1.807) is 35.4 Å². The Hall–Kier alpha value is -3.83. The maximum absolute atomic E-state index is 16.8. The first kappa shape index (κ1) is 32.7. The number of amides is 1. The number of fused-ring (bicyclic) bond motifs is 4. The number of pyridine rings is 1. The molecule has 0 radical (unpaired) electrons. The Balaban J connectivity index is 0.00000364. The highest BCUT2D eigenvalue weighted by atomic mass is 35.5. The van der Waals surface area contributed by atoms with Crippen molar-refractivity contribution in [3.8, 4) is 17.3 Å². The van der Waals surface area contributed by atoms with Gasteiger partial charge in [0.05, 0.1) is 28.0 Å². The normalized spacial score (nSPS) is 21.6. The van der Waals surface area contributed by atoms with Crippen molar-refractivity contribution in [1.82, 2.24) is 24.8 Å². The van der Waals surface area contributed by atoms with Crippen molar-refractivity contribution in [1.29, 1.82) is 0 Å². The van der Waals surface area contributed by atoms with E-state index in [-0.39, 0.29) is 53.4 Å². The Bertz CT molecular complexity index is 1910. The van der Waals surface area contributed by atoms with Crippen molar-refractivity contribution in [2.24, 2.45) is 0 Å². The SMILES string of the molecule is C.CC(C)(C)OC(=O)N1CCC2C1CN2c1nc(OCC23CCCN2CCC3)nc2c(F)c(-c3cccc4ccc(F)c(Cl)c34)ncc12. The first-order valence-corrected chi connectivity index (χ1v) is 16.8. The summed E-state index contributed by atoms with van der Waals surface area (Å²) in [5, 5.41) is 1.39. The highest BCUT2D eigenvalue weighted by molar-refractivity contribution is 6.36. The first-order valence-electron chi connectivity index (χ1n) is 16.4. The van der Waals surface area contributed by atoms with E-state index < -0.39 is 17.2 Å². The number of rotatable bonds is 5. The summed E-state index contributed by atoms with van der Waals surface area (Å²) in [6, 6.07) is 8.19. The molecule has 2 aromatic carbocycles. The van der Waals surface area contributed by atoms with Crippen molar-refractivity contribution >= 4 is 45.2 Å². The van der Waals surface area contributed by atoms with Crippen LogP contribution in [-0.4, -0.2) is 86.9 Å². The van der Waals surface area contributed by atoms with E-state index in [1.807, 2.05) is 20.8 Å². The minimum atomic E-state index is -0.663. The highest BCUT2D eigenvalue weighted by Crippen LogP contribution is 2.43. The summed E-state index contributed by atoms with van der Waals surface area (Å²) in [7, 11) is 0. The molecule has 12 heteroatoms. The van der Waals surface area contributed by atoms with Crippen LogP contribution in [-0.2, 0) is 4.74 Å². The fourth-order valence-corrected chi connectivity index (χ4v) is 8.34. The Morgan fingerprint density at radius 1 is 1.06 bits per heavy atom. The van der Waals surface area contributed by atoms with Gasteiger partial charge in [0.2, 0.25) is 0 Å². The molecule has 4 aliphatic heterocycles. The Kier molecular flexibility index (Phi) is 8.14. The molecule has 6 heterocycles. The summed E-state index contributed by atoms with van der Waals surface area (Å²) in [6.07, 6.45) is 6.29. The van der Waals surface area contributed by atoms with Crippen LogP contribution in [0.2, 0.25) is 5.02 Å². The van der Waals surface area contributed by atoms with Gasteiger partial charge in [0.15, 0.2) is 5.82 Å². The lowest BCUT2D eigenvalue weighted by atomic mass is 9.95. The molecule has 9 nitrogen and oxygen atoms in total. The van der Waals surface area contributed by atoms with Crippen LogP contribution in [0.3, 0.4) is 0 Å². The highest BCUT2D eigenvalue weighted by Gasteiger charge is 2.51. The predicted octanol–water partition coefficient (Wildman–Crippen LogP) is 7.62. The molecule has 2 atom stereocenters. The number of benzene rings is 2. The van der Waals surface area contributed by atoms with Crippen molar-refractivity contribution in [2.45, 2.75) is 83.5 Å². The number of anilines is 1. The second-order valence-electron chi connectivity index (χ2n) is 14.2. The first-order chi connectivity index (χ1) is 22.5. The van der Waals surface area contributed by atoms with Crippen LogP contribution in [0.1, 0.15) is 60.3 Å². The van der Waals surface area contributed by atoms with E-state index in [9.17, 15) is 9.18 Å². The van der Waals surface area contributed by atoms with Crippen LogP contribution in [0.4, 0.5) is 19.4 Å². The molecule has 1 amide bonds. The summed E-state index contributed by atoms with van der Waals surface area (Å²) in [5.41, 5.74) is -0.195. The monoisotopic (exact) mass is 678 g/mol. The molecule has 4 fully saturated rings. The van der Waals surface area contributed by atoms with Gasteiger partial charge in [-0.3, -0.25) is 9.88 Å². The van der Waals surface area contributed by atoms with Crippen molar-refractivity contribution in [3.05, 3.63) is 53.2 Å². The van der Waals surface area contributed by atoms with Gasteiger partial charge < -0.3 is 19.3 Å². The molecule has 254 valence electrons. The number of hydrogen-bond acceptors (Lipinski definition) is 8. The van der Waals surface area contributed by atoms with Gasteiger partial charge in [-0.25, -0.2) is 13.6 Å². The molecule has 0 bridgehead atoms. The third-order valence-corrected chi connectivity index (χ3v) is 10.7. The lowest BCUT2D eigenvalue weighted by molar-refractivity contribution is 0.0193. The molecule has 4 aliphatic rings. The van der Waals surface area contributed by atoms with Crippen LogP contribution in [0, 0.1) is 11.6 Å². The summed E-state index contributed by atoms with van der Waals surface area (Å²) in [5.74, 6) is -0.738. The predicted molar refractivity (Wildman–Crippen MR) is 183 cm³/mol. The van der Waals surface area contributed by atoms with Crippen LogP contribution >= 0.6 is 11.6 Å². The summed E-state index contributed by atoms with van der Waals surface area (Å²) < 4.78 is 43.4. The maximum atomic E-state index is 16.8. The van der Waals surface area contributed by atoms with E-state index >= 15 is 4.39 Å². The summed E-state index contributed by atoms with van der Waals surface area (Å²) in [6.45, 7) is 9.16. The molecule has 4 aromatic rings. The van der Waals surface area contributed by atoms with Gasteiger partial charge in [-0.05, 0) is 77.4 Å². The molecular formula is C36H41ClF2N6O3. The van der Waals surface area contributed by atoms with E-state index in [2.05, 4.69) is 19.8 Å². The van der Waals surface area contributed by atoms with Gasteiger partial charge in [-0.15, -0.1) is 0 Å². The second kappa shape index (κ2) is 11.9. The Morgan fingerprint density at radius 2 is 1.83 bits per heavy atom. The van der Waals surface area contributed by atoms with Crippen LogP contribution in [0.15, 0.2) is 36.5 Å². The Morgan fingerprint density at radius 3 is 2.58 bits per heavy atom. The van der Waals surface area contributed by atoms with Gasteiger partial charge in [-0.1, -0.05) is 43.3 Å². The average molecular weight is 679 g/mol. The van der Waals surface area contributed by atoms with E-state index in [0.717, 1.165) is 45.2 Å². The second-order valence-corrected chi connectivity index (χ2v) is 14.6. The fraction of sp³-hybridized carbons (Fsp3) is 0.500. The molecular weight excluding hydrogens is 638 g/mol. The number of nitrogens with zero attached hydrogens (tertiary/aromatic N) is 6. The minimum absolute atomic E-state index is 0. The minimum Gasteiger partial charge on any atom is -0.461 e. The standard InChI is InChI=1S/C35H37ClF2N6O3.CH4/c1-34(2,3)47-33(45)43-16-11-24-25(43)18-44(24)31-22-17-39-29(21-8-4-7-20-9-10-23(37)27(36)26(20)21)28(38)30(22)40-32(41-31)46-19-35-12-5-14-42(35)15-6-13-35;/h4,7-10,17,24-25H,5-6,11-16,18-19H2,1-3H3;1H4. The smallest absolute Gasteiger partial charge is 0.410 e. The summed E-state index contributed by atoms with van der Waals surface area (Å²) in [4.78, 5) is 33.4. The molecule has 0 saturated carbocycles. The topological polar surface area (TPSA) is 83.9 Å². The van der Waals surface area contributed by atoms with Gasteiger partial charge in [0.1, 0.15) is 35.1 Å². The van der Waals surface area contributed by atoms with Crippen LogP contribution in [0.5, 0.6) is 6.01 Å². The molecule has 4 saturated heterocycles. The Labute approximate surface area is 284 Å². The number of aromatic nitrogens is 3. The van der Waals surface area contributed by atoms with Gasteiger partial charge in [-0.2, -0.15) is 9.97 Å². The largest absolute Gasteiger partial charge is 0.461 e. The molecule has 2 aromatic heterocycles. The average Bonchev–Trinajstić information content (AvgIpc) is 3.70. The zero-order valence-electron chi connectivity index (χ0n) is 26.7. The number of likely N-dealkylation sites (tertiary alicyclic amines) is 1. The van der Waals surface area contributed by atoms with Crippen molar-refractivity contribution < 1.29 is 23.0 Å². The number of carbonyl (C=O) groups excluding carboxylic acids is 1. The lowest BCUT2D eigenvalue weighted by Crippen LogP contribution is -2.63. The van der Waals surface area contributed by atoms with Crippen LogP contribution in [0.25, 0.3) is 32.9 Å². The number of ether oxygens (including phenoxy) is 2. The van der Waals surface area contributed by atoms with E-state index in [0.29, 0.717) is 47.2 Å². The lowest BCUT2D eigenvalue weighted by Gasteiger charge is -2.47.